The molecule has 0 atom stereocenters. The van der Waals surface area contributed by atoms with Gasteiger partial charge in [-0.1, -0.05) is 32.1 Å². The van der Waals surface area contributed by atoms with E-state index < -0.39 is 17.6 Å². The van der Waals surface area contributed by atoms with Crippen molar-refractivity contribution in [1.82, 2.24) is 9.78 Å². The van der Waals surface area contributed by atoms with Crippen LogP contribution in [0.5, 0.6) is 5.75 Å². The van der Waals surface area contributed by atoms with Gasteiger partial charge in [-0.25, -0.2) is 4.68 Å². The van der Waals surface area contributed by atoms with Gasteiger partial charge in [-0.2, -0.15) is 33.8 Å². The van der Waals surface area contributed by atoms with Gasteiger partial charge in [-0.15, -0.1) is 0 Å². The SMILES string of the molecule is CC(C)(C)c1nn(CCCC#N)c(=NC(=O)c2cc(C(F)(F)F)ccc2OCCCC#N)s1. The highest BCUT2D eigenvalue weighted by molar-refractivity contribution is 7.09. The number of unbranched alkanes of at least 4 members (excludes halogenated alkanes) is 2. The van der Waals surface area contributed by atoms with E-state index in [-0.39, 0.29) is 41.0 Å². The summed E-state index contributed by atoms with van der Waals surface area (Å²) in [6, 6.07) is 6.64. The lowest BCUT2D eigenvalue weighted by atomic mass is 9.98. The van der Waals surface area contributed by atoms with Gasteiger partial charge in [0.2, 0.25) is 4.80 Å². The van der Waals surface area contributed by atoms with Crippen LogP contribution in [0.15, 0.2) is 23.2 Å². The lowest BCUT2D eigenvalue weighted by molar-refractivity contribution is -0.137. The monoisotopic (exact) mass is 479 g/mol. The molecule has 2 rings (SSSR count). The van der Waals surface area contributed by atoms with Crippen molar-refractivity contribution in [2.75, 3.05) is 6.61 Å². The van der Waals surface area contributed by atoms with Crippen LogP contribution < -0.4 is 9.54 Å². The first-order valence-electron chi connectivity index (χ1n) is 10.2. The first-order chi connectivity index (χ1) is 15.5. The maximum absolute atomic E-state index is 13.3. The second kappa shape index (κ2) is 11.1. The molecule has 0 saturated carbocycles. The van der Waals surface area contributed by atoms with Gasteiger partial charge in [0.15, 0.2) is 0 Å². The van der Waals surface area contributed by atoms with Crippen molar-refractivity contribution in [3.63, 3.8) is 0 Å². The number of alkyl halides is 3. The Kier molecular flexibility index (Phi) is 8.77. The zero-order chi connectivity index (χ0) is 24.6. The quantitative estimate of drug-likeness (QED) is 0.496. The van der Waals surface area contributed by atoms with Crippen LogP contribution in [0.1, 0.15) is 67.4 Å². The fourth-order valence-corrected chi connectivity index (χ4v) is 3.61. The minimum atomic E-state index is -4.64. The van der Waals surface area contributed by atoms with Crippen LogP contribution in [-0.2, 0) is 18.1 Å². The lowest BCUT2D eigenvalue weighted by Gasteiger charge is -2.12. The van der Waals surface area contributed by atoms with Crippen LogP contribution in [0.3, 0.4) is 0 Å². The Morgan fingerprint density at radius 2 is 1.85 bits per heavy atom. The molecule has 0 bridgehead atoms. The van der Waals surface area contributed by atoms with Crippen LogP contribution >= 0.6 is 11.3 Å². The van der Waals surface area contributed by atoms with E-state index in [0.717, 1.165) is 18.2 Å². The molecule has 7 nitrogen and oxygen atoms in total. The molecule has 33 heavy (non-hydrogen) atoms. The van der Waals surface area contributed by atoms with Gasteiger partial charge in [0, 0.05) is 24.8 Å². The summed E-state index contributed by atoms with van der Waals surface area (Å²) in [5, 5.41) is 22.6. The van der Waals surface area contributed by atoms with Crippen molar-refractivity contribution < 1.29 is 22.7 Å². The van der Waals surface area contributed by atoms with Crippen molar-refractivity contribution in [1.29, 1.82) is 10.5 Å². The van der Waals surface area contributed by atoms with Crippen molar-refractivity contribution in [2.24, 2.45) is 4.99 Å². The first kappa shape index (κ1) is 26.1. The maximum Gasteiger partial charge on any atom is 0.416 e. The lowest BCUT2D eigenvalue weighted by Crippen LogP contribution is -2.19. The Bertz CT molecular complexity index is 1130. The number of amides is 1. The number of aryl methyl sites for hydroxylation is 1. The summed E-state index contributed by atoms with van der Waals surface area (Å²) in [6.07, 6.45) is -3.28. The van der Waals surface area contributed by atoms with Gasteiger partial charge in [-0.3, -0.25) is 4.79 Å². The van der Waals surface area contributed by atoms with Crippen LogP contribution in [0.25, 0.3) is 0 Å². The third-order valence-electron chi connectivity index (χ3n) is 4.35. The molecule has 11 heteroatoms. The molecule has 0 aliphatic heterocycles. The third kappa shape index (κ3) is 7.43. The number of aromatic nitrogens is 2. The van der Waals surface area contributed by atoms with Crippen LogP contribution in [0.2, 0.25) is 0 Å². The second-order valence-electron chi connectivity index (χ2n) is 8.16. The molecule has 1 amide bonds. The standard InChI is InChI=1S/C22H24F3N5O2S/c1-21(2,3)19-29-30(12-6-4-10-26)20(33-19)28-18(31)16-14-15(22(23,24)25)8-9-17(16)32-13-7-5-11-27/h8-9,14H,4-7,12-13H2,1-3H3. The first-order valence-corrected chi connectivity index (χ1v) is 11.0. The average Bonchev–Trinajstić information content (AvgIpc) is 3.14. The van der Waals surface area contributed by atoms with Crippen molar-refractivity contribution in [3.05, 3.63) is 39.1 Å². The number of nitrogens with zero attached hydrogens (tertiary/aromatic N) is 5. The van der Waals surface area contributed by atoms with E-state index in [2.05, 4.69) is 10.1 Å². The summed E-state index contributed by atoms with van der Waals surface area (Å²) < 4.78 is 46.8. The minimum absolute atomic E-state index is 0.0359. The number of ether oxygens (including phenoxy) is 1. The van der Waals surface area contributed by atoms with Gasteiger partial charge in [0.1, 0.15) is 10.8 Å². The van der Waals surface area contributed by atoms with E-state index in [9.17, 15) is 18.0 Å². The molecule has 176 valence electrons. The summed E-state index contributed by atoms with van der Waals surface area (Å²) in [6.45, 7) is 6.24. The normalized spacial score (nSPS) is 12.3. The number of benzene rings is 1. The summed E-state index contributed by atoms with van der Waals surface area (Å²) in [5.41, 5.74) is -1.65. The zero-order valence-electron chi connectivity index (χ0n) is 18.6. The van der Waals surface area contributed by atoms with Gasteiger partial charge in [-0.05, 0) is 31.0 Å². The molecule has 0 saturated heterocycles. The second-order valence-corrected chi connectivity index (χ2v) is 9.12. The maximum atomic E-state index is 13.3. The molecule has 1 aromatic heterocycles. The Morgan fingerprint density at radius 1 is 1.18 bits per heavy atom. The highest BCUT2D eigenvalue weighted by Crippen LogP contribution is 2.33. The van der Waals surface area contributed by atoms with E-state index in [1.165, 1.54) is 16.0 Å². The van der Waals surface area contributed by atoms with E-state index in [4.69, 9.17) is 15.3 Å². The van der Waals surface area contributed by atoms with Crippen LogP contribution in [0, 0.1) is 22.7 Å². The fourth-order valence-electron chi connectivity index (χ4n) is 2.63. The van der Waals surface area contributed by atoms with E-state index in [1.807, 2.05) is 32.9 Å². The molecule has 0 N–H and O–H groups in total. The number of hydrogen-bond donors (Lipinski definition) is 0. The predicted octanol–water partition coefficient (Wildman–Crippen LogP) is 4.99. The Balaban J connectivity index is 2.51. The molecule has 1 aromatic carbocycles. The number of rotatable bonds is 8. The fraction of sp³-hybridized carbons (Fsp3) is 0.500. The number of nitriles is 2. The van der Waals surface area contributed by atoms with Crippen LogP contribution in [-0.4, -0.2) is 22.3 Å². The molecule has 0 unspecified atom stereocenters. The Labute approximate surface area is 193 Å². The Hall–Kier alpha value is -3.18. The number of carbonyl (C=O) groups is 1. The average molecular weight is 480 g/mol. The summed E-state index contributed by atoms with van der Waals surface area (Å²) >= 11 is 1.17. The molecule has 0 radical (unpaired) electrons. The summed E-state index contributed by atoms with van der Waals surface area (Å²) in [4.78, 5) is 17.3. The highest BCUT2D eigenvalue weighted by atomic mass is 32.1. The number of carbonyl (C=O) groups excluding carboxylic acids is 1. The molecule has 0 fully saturated rings. The molecule has 0 spiro atoms. The van der Waals surface area contributed by atoms with Gasteiger partial charge >= 0.3 is 6.18 Å². The van der Waals surface area contributed by atoms with Crippen molar-refractivity contribution in [3.8, 4) is 17.9 Å². The summed E-state index contributed by atoms with van der Waals surface area (Å²) in [7, 11) is 0. The molecule has 1 heterocycles. The van der Waals surface area contributed by atoms with E-state index in [1.54, 1.807) is 0 Å². The number of halogens is 3. The Morgan fingerprint density at radius 3 is 2.45 bits per heavy atom. The molecule has 2 aromatic rings. The topological polar surface area (TPSA) is 104 Å². The highest BCUT2D eigenvalue weighted by Gasteiger charge is 2.32. The zero-order valence-corrected chi connectivity index (χ0v) is 19.4. The predicted molar refractivity (Wildman–Crippen MR) is 115 cm³/mol. The third-order valence-corrected chi connectivity index (χ3v) is 5.72. The molecule has 0 aliphatic rings. The summed E-state index contributed by atoms with van der Waals surface area (Å²) in [5.74, 6) is -0.930. The largest absolute Gasteiger partial charge is 0.493 e. The van der Waals surface area contributed by atoms with E-state index in [0.29, 0.717) is 24.4 Å². The minimum Gasteiger partial charge on any atom is -0.493 e. The molecular weight excluding hydrogens is 455 g/mol. The molecular formula is C22H24F3N5O2S. The smallest absolute Gasteiger partial charge is 0.416 e. The van der Waals surface area contributed by atoms with E-state index >= 15 is 0 Å². The van der Waals surface area contributed by atoms with Crippen LogP contribution in [0.4, 0.5) is 13.2 Å². The van der Waals surface area contributed by atoms with Gasteiger partial charge in [0.25, 0.3) is 5.91 Å². The van der Waals surface area contributed by atoms with Gasteiger partial charge in [0.05, 0.1) is 29.9 Å². The van der Waals surface area contributed by atoms with Crippen molar-refractivity contribution in [2.45, 2.75) is 64.6 Å². The van der Waals surface area contributed by atoms with Crippen molar-refractivity contribution >= 4 is 17.2 Å². The molecule has 0 aliphatic carbocycles. The number of hydrogen-bond acceptors (Lipinski definition) is 6. The van der Waals surface area contributed by atoms with Gasteiger partial charge < -0.3 is 4.74 Å².